The molecule has 0 radical (unpaired) electrons. The van der Waals surface area contributed by atoms with E-state index in [0.29, 0.717) is 12.1 Å². The van der Waals surface area contributed by atoms with Gasteiger partial charge in [-0.15, -0.1) is 0 Å². The summed E-state index contributed by atoms with van der Waals surface area (Å²) < 4.78 is 4.53. The summed E-state index contributed by atoms with van der Waals surface area (Å²) in [6.07, 6.45) is 5.29. The lowest BCUT2D eigenvalue weighted by molar-refractivity contribution is 0.174. The van der Waals surface area contributed by atoms with Gasteiger partial charge in [-0.3, -0.25) is 4.90 Å². The fourth-order valence-corrected chi connectivity index (χ4v) is 4.79. The van der Waals surface area contributed by atoms with E-state index >= 15 is 0 Å². The zero-order valence-corrected chi connectivity index (χ0v) is 14.3. The Kier molecular flexibility index (Phi) is 3.39. The number of nitrogens with zero attached hydrogens (tertiary/aromatic N) is 2. The molecule has 2 aliphatic rings. The summed E-state index contributed by atoms with van der Waals surface area (Å²) in [4.78, 5) is 6.06. The summed E-state index contributed by atoms with van der Waals surface area (Å²) in [5.41, 5.74) is 2.45. The van der Waals surface area contributed by atoms with Gasteiger partial charge in [-0.2, -0.15) is 0 Å². The van der Waals surface area contributed by atoms with Crippen molar-refractivity contribution in [3.05, 3.63) is 26.5 Å². The molecule has 2 unspecified atom stereocenters. The number of nitrogens with one attached hydrogen (secondary N) is 1. The van der Waals surface area contributed by atoms with E-state index in [1.54, 1.807) is 0 Å². The number of rotatable bonds is 1. The van der Waals surface area contributed by atoms with Gasteiger partial charge in [-0.05, 0) is 78.8 Å². The lowest BCUT2D eigenvalue weighted by Crippen LogP contribution is -2.37. The van der Waals surface area contributed by atoms with Crippen LogP contribution in [0.2, 0.25) is 0 Å². The number of aromatic amines is 1. The summed E-state index contributed by atoms with van der Waals surface area (Å²) in [6, 6.07) is 7.82. The van der Waals surface area contributed by atoms with Gasteiger partial charge < -0.3 is 9.55 Å². The Morgan fingerprint density at radius 2 is 2.05 bits per heavy atom. The van der Waals surface area contributed by atoms with E-state index in [-0.39, 0.29) is 0 Å². The molecule has 1 N–H and O–H groups in total. The van der Waals surface area contributed by atoms with Crippen molar-refractivity contribution in [2.24, 2.45) is 0 Å². The van der Waals surface area contributed by atoms with Gasteiger partial charge in [-0.1, -0.05) is 6.42 Å². The van der Waals surface area contributed by atoms with E-state index in [2.05, 4.69) is 55.2 Å². The van der Waals surface area contributed by atoms with E-state index in [1.807, 2.05) is 0 Å². The zero-order chi connectivity index (χ0) is 13.7. The van der Waals surface area contributed by atoms with Crippen molar-refractivity contribution in [3.63, 3.8) is 0 Å². The van der Waals surface area contributed by atoms with Gasteiger partial charge in [0.25, 0.3) is 0 Å². The van der Waals surface area contributed by atoms with E-state index in [4.69, 9.17) is 12.2 Å². The first kappa shape index (κ1) is 13.3. The molecule has 3 heterocycles. The van der Waals surface area contributed by atoms with Crippen LogP contribution < -0.4 is 0 Å². The van der Waals surface area contributed by atoms with Crippen LogP contribution in [0.3, 0.4) is 0 Å². The summed E-state index contributed by atoms with van der Waals surface area (Å²) in [7, 11) is 0. The molecule has 0 aliphatic carbocycles. The maximum Gasteiger partial charge on any atom is 0.178 e. The summed E-state index contributed by atoms with van der Waals surface area (Å²) >= 11 is 7.97. The molecule has 2 fully saturated rings. The Hall–Kier alpha value is -0.400. The molecule has 3 nitrogen and oxygen atoms in total. The van der Waals surface area contributed by atoms with Crippen molar-refractivity contribution in [2.45, 2.75) is 37.8 Å². The van der Waals surface area contributed by atoms with Crippen LogP contribution in [0.15, 0.2) is 18.2 Å². The Labute approximate surface area is 137 Å². The van der Waals surface area contributed by atoms with Crippen LogP contribution in [-0.4, -0.2) is 33.6 Å². The molecule has 4 rings (SSSR count). The molecule has 2 atom stereocenters. The molecule has 1 aromatic carbocycles. The van der Waals surface area contributed by atoms with Gasteiger partial charge in [0.05, 0.1) is 17.1 Å². The molecular weight excluding hydrogens is 381 g/mol. The van der Waals surface area contributed by atoms with Gasteiger partial charge in [0.1, 0.15) is 0 Å². The van der Waals surface area contributed by atoms with Gasteiger partial charge in [0, 0.05) is 16.2 Å². The molecule has 20 heavy (non-hydrogen) atoms. The molecule has 0 bridgehead atoms. The highest BCUT2D eigenvalue weighted by Gasteiger charge is 2.37. The second-order valence-electron chi connectivity index (χ2n) is 5.92. The van der Waals surface area contributed by atoms with Gasteiger partial charge in [0.15, 0.2) is 4.77 Å². The van der Waals surface area contributed by atoms with Gasteiger partial charge >= 0.3 is 0 Å². The van der Waals surface area contributed by atoms with Crippen molar-refractivity contribution >= 4 is 45.8 Å². The fraction of sp³-hybridized carbons (Fsp3) is 0.533. The van der Waals surface area contributed by atoms with E-state index in [0.717, 1.165) is 4.77 Å². The Bertz CT molecular complexity index is 705. The minimum Gasteiger partial charge on any atom is -0.331 e. The number of hydrogen-bond donors (Lipinski definition) is 1. The molecule has 5 heteroatoms. The van der Waals surface area contributed by atoms with Crippen LogP contribution in [-0.2, 0) is 0 Å². The first-order valence-electron chi connectivity index (χ1n) is 7.38. The van der Waals surface area contributed by atoms with Crippen LogP contribution in [0.25, 0.3) is 11.0 Å². The lowest BCUT2D eigenvalue weighted by Gasteiger charge is -2.32. The number of hydrogen-bond acceptors (Lipinski definition) is 2. The highest BCUT2D eigenvalue weighted by atomic mass is 127. The highest BCUT2D eigenvalue weighted by molar-refractivity contribution is 14.1. The number of aromatic nitrogens is 2. The van der Waals surface area contributed by atoms with E-state index < -0.39 is 0 Å². The van der Waals surface area contributed by atoms with Crippen LogP contribution in [0.1, 0.15) is 31.7 Å². The Balaban J connectivity index is 1.82. The minimum absolute atomic E-state index is 0.552. The minimum atomic E-state index is 0.552. The topological polar surface area (TPSA) is 24.0 Å². The largest absolute Gasteiger partial charge is 0.331 e. The zero-order valence-electron chi connectivity index (χ0n) is 11.3. The number of fused-ring (bicyclic) bond motifs is 2. The third-order valence-electron chi connectivity index (χ3n) is 4.83. The second kappa shape index (κ2) is 5.10. The highest BCUT2D eigenvalue weighted by Crippen LogP contribution is 2.37. The smallest absolute Gasteiger partial charge is 0.178 e. The fourth-order valence-electron chi connectivity index (χ4n) is 3.95. The summed E-state index contributed by atoms with van der Waals surface area (Å²) in [5.74, 6) is 0. The van der Waals surface area contributed by atoms with E-state index in [1.165, 1.54) is 53.4 Å². The summed E-state index contributed by atoms with van der Waals surface area (Å²) in [6.45, 7) is 2.50. The third-order valence-corrected chi connectivity index (χ3v) is 5.80. The quantitative estimate of drug-likeness (QED) is 0.577. The van der Waals surface area contributed by atoms with Crippen molar-refractivity contribution in [1.29, 1.82) is 0 Å². The van der Waals surface area contributed by atoms with Crippen LogP contribution in [0.4, 0.5) is 0 Å². The standard InChI is InChI=1S/C15H18IN3S/c16-10-4-5-12-11(9-10)17-15(20)19(12)14-6-8-18-7-2-1-3-13(14)18/h4-5,9,13-14H,1-3,6-8H2,(H,17,20). The van der Waals surface area contributed by atoms with Crippen LogP contribution in [0, 0.1) is 8.34 Å². The maximum absolute atomic E-state index is 5.61. The van der Waals surface area contributed by atoms with Crippen molar-refractivity contribution in [1.82, 2.24) is 14.5 Å². The van der Waals surface area contributed by atoms with Crippen molar-refractivity contribution in [2.75, 3.05) is 13.1 Å². The predicted molar refractivity (Wildman–Crippen MR) is 92.7 cm³/mol. The SMILES string of the molecule is S=c1[nH]c2cc(I)ccc2n1C1CCN2CCCCC12. The number of H-pyrrole nitrogens is 1. The van der Waals surface area contributed by atoms with Crippen molar-refractivity contribution < 1.29 is 0 Å². The monoisotopic (exact) mass is 399 g/mol. The molecule has 106 valence electrons. The van der Waals surface area contributed by atoms with Gasteiger partial charge in [-0.25, -0.2) is 0 Å². The first-order chi connectivity index (χ1) is 9.74. The predicted octanol–water partition coefficient (Wildman–Crippen LogP) is 4.10. The summed E-state index contributed by atoms with van der Waals surface area (Å²) in [5, 5.41) is 0. The molecule has 2 aromatic rings. The van der Waals surface area contributed by atoms with Crippen molar-refractivity contribution in [3.8, 4) is 0 Å². The number of piperidine rings is 1. The lowest BCUT2D eigenvalue weighted by atomic mass is 9.99. The average molecular weight is 399 g/mol. The Morgan fingerprint density at radius 3 is 2.95 bits per heavy atom. The van der Waals surface area contributed by atoms with Gasteiger partial charge in [0.2, 0.25) is 0 Å². The number of benzene rings is 1. The maximum atomic E-state index is 5.61. The molecule has 2 saturated heterocycles. The molecule has 1 aromatic heterocycles. The number of imidazole rings is 1. The second-order valence-corrected chi connectivity index (χ2v) is 7.55. The average Bonchev–Trinajstić information content (AvgIpc) is 2.98. The molecule has 2 aliphatic heterocycles. The Morgan fingerprint density at radius 1 is 1.15 bits per heavy atom. The number of halogens is 1. The molecule has 0 amide bonds. The normalized spacial score (nSPS) is 27.1. The molecule has 0 saturated carbocycles. The van der Waals surface area contributed by atoms with E-state index in [9.17, 15) is 0 Å². The van der Waals surface area contributed by atoms with Crippen LogP contribution in [0.5, 0.6) is 0 Å². The van der Waals surface area contributed by atoms with Crippen LogP contribution >= 0.6 is 34.8 Å². The molecular formula is C15H18IN3S. The third kappa shape index (κ3) is 2.05. The first-order valence-corrected chi connectivity index (χ1v) is 8.86. The molecule has 0 spiro atoms.